The lowest BCUT2D eigenvalue weighted by Gasteiger charge is -2.13. The lowest BCUT2D eigenvalue weighted by atomic mass is 10.1. The van der Waals surface area contributed by atoms with E-state index in [1.54, 1.807) is 24.3 Å². The van der Waals surface area contributed by atoms with Gasteiger partial charge in [-0.25, -0.2) is 0 Å². The van der Waals surface area contributed by atoms with Crippen LogP contribution in [0.15, 0.2) is 29.4 Å². The van der Waals surface area contributed by atoms with Crippen LogP contribution in [0.4, 0.5) is 5.69 Å². The molecule has 1 aromatic carbocycles. The third-order valence-electron chi connectivity index (χ3n) is 4.26. The van der Waals surface area contributed by atoms with Crippen molar-refractivity contribution in [2.75, 3.05) is 5.32 Å². The number of carbonyl (C=O) groups excluding carboxylic acids is 2. The Morgan fingerprint density at radius 1 is 1.24 bits per heavy atom. The highest BCUT2D eigenvalue weighted by Crippen LogP contribution is 2.26. The van der Waals surface area contributed by atoms with Crippen molar-refractivity contribution in [3.63, 3.8) is 0 Å². The minimum Gasteiger partial charge on any atom is -0.325 e. The molecule has 1 aromatic heterocycles. The second kappa shape index (κ2) is 7.82. The molecule has 1 aliphatic heterocycles. The van der Waals surface area contributed by atoms with Crippen LogP contribution in [0.3, 0.4) is 0 Å². The molecule has 6 nitrogen and oxygen atoms in total. The number of hydrogen-bond acceptors (Lipinski definition) is 5. The number of nitrogens with one attached hydrogen (secondary N) is 1. The predicted molar refractivity (Wildman–Crippen MR) is 98.0 cm³/mol. The van der Waals surface area contributed by atoms with Gasteiger partial charge in [-0.1, -0.05) is 30.3 Å². The van der Waals surface area contributed by atoms with E-state index in [9.17, 15) is 9.59 Å². The molecule has 0 bridgehead atoms. The first-order chi connectivity index (χ1) is 12.0. The van der Waals surface area contributed by atoms with Gasteiger partial charge in [-0.15, -0.1) is 10.2 Å². The van der Waals surface area contributed by atoms with E-state index in [1.165, 1.54) is 25.1 Å². The SMILES string of the molecule is CC(=O)c1cccc(NC(=O)[C@@H](C)Sc2nnc3n2CCCCC3)c1. The fourth-order valence-electron chi connectivity index (χ4n) is 2.82. The van der Waals surface area contributed by atoms with Gasteiger partial charge in [0.25, 0.3) is 0 Å². The van der Waals surface area contributed by atoms with Crippen molar-refractivity contribution in [3.05, 3.63) is 35.7 Å². The molecule has 0 spiro atoms. The minimum absolute atomic E-state index is 0.0234. The fraction of sp³-hybridized carbons (Fsp3) is 0.444. The zero-order valence-corrected chi connectivity index (χ0v) is 15.3. The quantitative estimate of drug-likeness (QED) is 0.655. The molecule has 0 radical (unpaired) electrons. The van der Waals surface area contributed by atoms with Gasteiger partial charge in [0.15, 0.2) is 10.9 Å². The summed E-state index contributed by atoms with van der Waals surface area (Å²) in [6, 6.07) is 6.98. The number of nitrogens with zero attached hydrogens (tertiary/aromatic N) is 3. The number of hydrogen-bond donors (Lipinski definition) is 1. The number of ketones is 1. The minimum atomic E-state index is -0.308. The number of carbonyl (C=O) groups is 2. The number of fused-ring (bicyclic) bond motifs is 1. The first kappa shape index (κ1) is 17.7. The smallest absolute Gasteiger partial charge is 0.237 e. The van der Waals surface area contributed by atoms with Crippen LogP contribution in [0.2, 0.25) is 0 Å². The van der Waals surface area contributed by atoms with Crippen LogP contribution in [0.25, 0.3) is 0 Å². The Labute approximate surface area is 151 Å². The van der Waals surface area contributed by atoms with Crippen LogP contribution < -0.4 is 5.32 Å². The third-order valence-corrected chi connectivity index (χ3v) is 5.34. The monoisotopic (exact) mass is 358 g/mol. The normalized spacial score (nSPS) is 15.1. The second-order valence-corrected chi connectivity index (χ2v) is 7.56. The predicted octanol–water partition coefficient (Wildman–Crippen LogP) is 3.33. The number of amides is 1. The van der Waals surface area contributed by atoms with E-state index in [4.69, 9.17) is 0 Å². The van der Waals surface area contributed by atoms with Gasteiger partial charge >= 0.3 is 0 Å². The summed E-state index contributed by atoms with van der Waals surface area (Å²) in [4.78, 5) is 23.9. The Kier molecular flexibility index (Phi) is 5.53. The van der Waals surface area contributed by atoms with E-state index < -0.39 is 0 Å². The van der Waals surface area contributed by atoms with Gasteiger partial charge < -0.3 is 9.88 Å². The number of thioether (sulfide) groups is 1. The molecule has 0 aliphatic carbocycles. The van der Waals surface area contributed by atoms with Crippen LogP contribution in [-0.2, 0) is 17.8 Å². The average molecular weight is 358 g/mol. The number of aryl methyl sites for hydroxylation is 1. The molecule has 1 N–H and O–H groups in total. The van der Waals surface area contributed by atoms with Crippen LogP contribution >= 0.6 is 11.8 Å². The lowest BCUT2D eigenvalue weighted by Crippen LogP contribution is -2.23. The van der Waals surface area contributed by atoms with Crippen molar-refractivity contribution < 1.29 is 9.59 Å². The van der Waals surface area contributed by atoms with E-state index in [2.05, 4.69) is 20.1 Å². The number of aromatic nitrogens is 3. The standard InChI is InChI=1S/C18H22N4O2S/c1-12(23)14-7-6-8-15(11-14)19-17(24)13(2)25-18-21-20-16-9-4-3-5-10-22(16)18/h6-8,11,13H,3-5,9-10H2,1-2H3,(H,19,24)/t13-/m1/s1. The largest absolute Gasteiger partial charge is 0.325 e. The van der Waals surface area contributed by atoms with E-state index >= 15 is 0 Å². The summed E-state index contributed by atoms with van der Waals surface area (Å²) in [7, 11) is 0. The molecule has 25 heavy (non-hydrogen) atoms. The summed E-state index contributed by atoms with van der Waals surface area (Å²) in [6.45, 7) is 4.28. The summed E-state index contributed by atoms with van der Waals surface area (Å²) < 4.78 is 2.14. The Morgan fingerprint density at radius 2 is 2.08 bits per heavy atom. The third kappa shape index (κ3) is 4.28. The summed E-state index contributed by atoms with van der Waals surface area (Å²) in [6.07, 6.45) is 4.42. The van der Waals surface area contributed by atoms with E-state index in [0.717, 1.165) is 36.8 Å². The zero-order chi connectivity index (χ0) is 17.8. The number of anilines is 1. The maximum absolute atomic E-state index is 12.5. The highest BCUT2D eigenvalue weighted by Gasteiger charge is 2.21. The Balaban J connectivity index is 1.66. The summed E-state index contributed by atoms with van der Waals surface area (Å²) in [5.74, 6) is 0.878. The molecule has 1 aliphatic rings. The second-order valence-electron chi connectivity index (χ2n) is 6.25. The summed E-state index contributed by atoms with van der Waals surface area (Å²) in [5, 5.41) is 11.9. The van der Waals surface area contributed by atoms with Crippen molar-refractivity contribution in [2.45, 2.75) is 56.5 Å². The molecule has 3 rings (SSSR count). The lowest BCUT2D eigenvalue weighted by molar-refractivity contribution is -0.115. The van der Waals surface area contributed by atoms with Crippen molar-refractivity contribution in [3.8, 4) is 0 Å². The van der Waals surface area contributed by atoms with Gasteiger partial charge in [0.05, 0.1) is 5.25 Å². The topological polar surface area (TPSA) is 76.9 Å². The molecule has 132 valence electrons. The molecular weight excluding hydrogens is 336 g/mol. The maximum atomic E-state index is 12.5. The first-order valence-electron chi connectivity index (χ1n) is 8.55. The Hall–Kier alpha value is -2.15. The summed E-state index contributed by atoms with van der Waals surface area (Å²) >= 11 is 1.42. The fourth-order valence-corrected chi connectivity index (χ4v) is 3.71. The van der Waals surface area contributed by atoms with Crippen LogP contribution in [0, 0.1) is 0 Å². The van der Waals surface area contributed by atoms with Crippen LogP contribution in [-0.4, -0.2) is 31.7 Å². The van der Waals surface area contributed by atoms with Crippen LogP contribution in [0.1, 0.15) is 49.3 Å². The molecule has 0 fully saturated rings. The van der Waals surface area contributed by atoms with Gasteiger partial charge in [-0.2, -0.15) is 0 Å². The number of Topliss-reactive ketones (excluding diaryl/α,β-unsaturated/α-hetero) is 1. The van der Waals surface area contributed by atoms with Crippen molar-refractivity contribution in [2.24, 2.45) is 0 Å². The van der Waals surface area contributed by atoms with Gasteiger partial charge in [0, 0.05) is 24.2 Å². The molecule has 7 heteroatoms. The molecule has 2 aromatic rings. The number of benzene rings is 1. The van der Waals surface area contributed by atoms with Gasteiger partial charge in [0.1, 0.15) is 5.82 Å². The Morgan fingerprint density at radius 3 is 2.88 bits per heavy atom. The van der Waals surface area contributed by atoms with Crippen molar-refractivity contribution >= 4 is 29.1 Å². The first-order valence-corrected chi connectivity index (χ1v) is 9.43. The van der Waals surface area contributed by atoms with Gasteiger partial charge in [-0.05, 0) is 38.8 Å². The Bertz CT molecular complexity index is 787. The molecule has 1 amide bonds. The van der Waals surface area contributed by atoms with Crippen molar-refractivity contribution in [1.29, 1.82) is 0 Å². The number of rotatable bonds is 5. The van der Waals surface area contributed by atoms with E-state index in [1.807, 2.05) is 6.92 Å². The zero-order valence-electron chi connectivity index (χ0n) is 14.5. The average Bonchev–Trinajstić information content (AvgIpc) is 2.81. The highest BCUT2D eigenvalue weighted by atomic mass is 32.2. The van der Waals surface area contributed by atoms with Gasteiger partial charge in [-0.3, -0.25) is 9.59 Å². The van der Waals surface area contributed by atoms with Gasteiger partial charge in [0.2, 0.25) is 5.91 Å². The van der Waals surface area contributed by atoms with E-state index in [0.29, 0.717) is 11.3 Å². The summed E-state index contributed by atoms with van der Waals surface area (Å²) in [5.41, 5.74) is 1.21. The van der Waals surface area contributed by atoms with Crippen LogP contribution in [0.5, 0.6) is 0 Å². The molecule has 2 heterocycles. The molecular formula is C18H22N4O2S. The maximum Gasteiger partial charge on any atom is 0.237 e. The van der Waals surface area contributed by atoms with Crippen molar-refractivity contribution in [1.82, 2.24) is 14.8 Å². The molecule has 0 saturated carbocycles. The van der Waals surface area contributed by atoms with E-state index in [-0.39, 0.29) is 16.9 Å². The molecule has 0 saturated heterocycles. The molecule has 0 unspecified atom stereocenters. The highest BCUT2D eigenvalue weighted by molar-refractivity contribution is 8.00. The molecule has 1 atom stereocenters.